The Morgan fingerprint density at radius 2 is 1.45 bits per heavy atom. The molecule has 0 aliphatic heterocycles. The Morgan fingerprint density at radius 3 is 1.76 bits per heavy atom. The van der Waals surface area contributed by atoms with Gasteiger partial charge in [0.15, 0.2) is 11.6 Å². The summed E-state index contributed by atoms with van der Waals surface area (Å²) in [6.07, 6.45) is 4.96. The second kappa shape index (κ2) is 19.9. The molecule has 29 heavy (non-hydrogen) atoms. The Labute approximate surface area is 219 Å². The molecule has 2 heterocycles. The first-order chi connectivity index (χ1) is 12.2. The molecular weight excluding hydrogens is 461 g/mol. The van der Waals surface area contributed by atoms with E-state index in [1.54, 1.807) is 32.2 Å². The van der Waals surface area contributed by atoms with Crippen LogP contribution in [0.5, 0.6) is 0 Å². The number of thioether (sulfide) groups is 1. The van der Waals surface area contributed by atoms with Crippen molar-refractivity contribution in [3.05, 3.63) is 51.4 Å². The van der Waals surface area contributed by atoms with Crippen LogP contribution in [-0.2, 0) is 0 Å². The molecule has 0 bridgehead atoms. The van der Waals surface area contributed by atoms with Crippen molar-refractivity contribution in [3.63, 3.8) is 0 Å². The Hall–Kier alpha value is -0.0551. The smallest absolute Gasteiger partial charge is 1.00 e. The van der Waals surface area contributed by atoms with E-state index in [4.69, 9.17) is 28.3 Å². The topological polar surface area (TPSA) is 80.2 Å². The fraction of sp³-hybridized carbons (Fsp3) is 0.333. The number of halogens is 2. The molecule has 0 atom stereocenters. The number of aliphatic hydroxyl groups excluding tert-OH is 1. The van der Waals surface area contributed by atoms with Gasteiger partial charge in [-0.05, 0) is 46.1 Å². The van der Waals surface area contributed by atoms with Gasteiger partial charge in [-0.15, -0.1) is 11.8 Å². The van der Waals surface area contributed by atoms with Gasteiger partial charge in [-0.1, -0.05) is 23.2 Å². The van der Waals surface area contributed by atoms with Gasteiger partial charge in [0.2, 0.25) is 0 Å². The van der Waals surface area contributed by atoms with E-state index >= 15 is 0 Å². The van der Waals surface area contributed by atoms with Gasteiger partial charge in [0.1, 0.15) is 5.03 Å². The molecule has 0 amide bonds. The summed E-state index contributed by atoms with van der Waals surface area (Å²) in [5.74, 6) is -0.0311. The Bertz CT molecular complexity index is 778. The van der Waals surface area contributed by atoms with E-state index in [2.05, 4.69) is 9.97 Å². The standard InChI is InChI=1S/C8H8ClNOS.C8H8ClNO.C2H6O.B.Na.H2S.H/c1-5(11)6-3-7(9)8(12-2)10-4-6;1-5-8(9)3-7(4-10-5)6(2)11;1-2-3;;;;/h3-4H,1-2H3;3-4H,1-2H3;3H,2H2,1H3;;;1H2;/q;;;;+1;;-1. The number of pyridine rings is 2. The van der Waals surface area contributed by atoms with E-state index < -0.39 is 0 Å². The van der Waals surface area contributed by atoms with E-state index in [0.717, 1.165) is 10.7 Å². The Morgan fingerprint density at radius 1 is 1.07 bits per heavy atom. The SMILES string of the molecule is CC(=O)c1cnc(C)c(Cl)c1.CCO.CSc1ncc(C(C)=O)cc1Cl.S.[B].[H-].[Na+]. The minimum absolute atomic E-state index is 0. The van der Waals surface area contributed by atoms with Gasteiger partial charge in [-0.3, -0.25) is 14.6 Å². The molecule has 0 aromatic carbocycles. The average molecular weight is 486 g/mol. The van der Waals surface area contributed by atoms with Gasteiger partial charge < -0.3 is 6.53 Å². The van der Waals surface area contributed by atoms with E-state index in [0.29, 0.717) is 21.2 Å². The van der Waals surface area contributed by atoms with Crippen LogP contribution in [0.25, 0.3) is 0 Å². The van der Waals surface area contributed by atoms with Gasteiger partial charge >= 0.3 is 29.6 Å². The molecule has 0 unspecified atom stereocenters. The second-order valence-corrected chi connectivity index (χ2v) is 6.54. The number of aromatic nitrogens is 2. The van der Waals surface area contributed by atoms with Crippen molar-refractivity contribution in [1.29, 1.82) is 0 Å². The summed E-state index contributed by atoms with van der Waals surface area (Å²) < 4.78 is 0. The average Bonchev–Trinajstić information content (AvgIpc) is 2.58. The van der Waals surface area contributed by atoms with Crippen molar-refractivity contribution in [1.82, 2.24) is 9.97 Å². The van der Waals surface area contributed by atoms with E-state index in [1.807, 2.05) is 6.26 Å². The minimum Gasteiger partial charge on any atom is -1.00 e. The molecule has 2 rings (SSSR count). The van der Waals surface area contributed by atoms with Crippen LogP contribution >= 0.6 is 48.5 Å². The molecule has 0 aliphatic rings. The summed E-state index contributed by atoms with van der Waals surface area (Å²) in [5, 5.41) is 9.40. The monoisotopic (exact) mass is 485 g/mol. The maximum atomic E-state index is 10.9. The summed E-state index contributed by atoms with van der Waals surface area (Å²) in [7, 11) is 0. The van der Waals surface area contributed by atoms with E-state index in [-0.39, 0.29) is 71.1 Å². The fourth-order valence-electron chi connectivity index (χ4n) is 1.47. The van der Waals surface area contributed by atoms with Crippen LogP contribution in [0, 0.1) is 6.92 Å². The van der Waals surface area contributed by atoms with Crippen LogP contribution in [0.4, 0.5) is 0 Å². The van der Waals surface area contributed by atoms with Crippen molar-refractivity contribution in [2.24, 2.45) is 0 Å². The summed E-state index contributed by atoms with van der Waals surface area (Å²) in [6.45, 7) is 6.71. The third-order valence-electron chi connectivity index (χ3n) is 2.84. The van der Waals surface area contributed by atoms with Gasteiger partial charge in [0.25, 0.3) is 0 Å². The molecule has 0 spiro atoms. The largest absolute Gasteiger partial charge is 1.00 e. The number of rotatable bonds is 3. The fourth-order valence-corrected chi connectivity index (χ4v) is 2.44. The first-order valence-electron chi connectivity index (χ1n) is 7.62. The summed E-state index contributed by atoms with van der Waals surface area (Å²) in [6, 6.07) is 3.27. The zero-order valence-corrected chi connectivity index (χ0v) is 22.7. The van der Waals surface area contributed by atoms with Crippen LogP contribution in [0.15, 0.2) is 29.6 Å². The van der Waals surface area contributed by atoms with Crippen LogP contribution in [-0.4, -0.2) is 47.9 Å². The number of ketones is 2. The predicted octanol–water partition coefficient (Wildman–Crippen LogP) is 1.75. The third-order valence-corrected chi connectivity index (χ3v) is 4.33. The molecule has 0 aliphatic carbocycles. The van der Waals surface area contributed by atoms with Crippen LogP contribution in [0.1, 0.15) is 48.6 Å². The predicted molar refractivity (Wildman–Crippen MR) is 125 cm³/mol. The number of nitrogens with zero attached hydrogens (tertiary/aromatic N) is 2. The first-order valence-corrected chi connectivity index (χ1v) is 9.60. The molecule has 0 saturated carbocycles. The van der Waals surface area contributed by atoms with Crippen molar-refractivity contribution in [2.45, 2.75) is 32.7 Å². The summed E-state index contributed by atoms with van der Waals surface area (Å²) in [5.41, 5.74) is 1.86. The molecule has 11 heteroatoms. The molecular formula is C18H25BCl2N2NaO3S2. The number of hydrogen-bond acceptors (Lipinski definition) is 6. The molecule has 1 N–H and O–H groups in total. The van der Waals surface area contributed by atoms with E-state index in [9.17, 15) is 9.59 Å². The third kappa shape index (κ3) is 14.6. The first kappa shape index (κ1) is 36.3. The van der Waals surface area contributed by atoms with Gasteiger partial charge in [0, 0.05) is 38.5 Å². The zero-order chi connectivity index (χ0) is 20.3. The number of carbonyl (C=O) groups excluding carboxylic acids is 2. The maximum absolute atomic E-state index is 10.9. The number of carbonyl (C=O) groups is 2. The number of aryl methyl sites for hydroxylation is 1. The van der Waals surface area contributed by atoms with Crippen LogP contribution in [0.3, 0.4) is 0 Å². The van der Waals surface area contributed by atoms with Gasteiger partial charge in [-0.2, -0.15) is 13.5 Å². The van der Waals surface area contributed by atoms with Gasteiger partial charge in [-0.25, -0.2) is 4.98 Å². The number of hydrogen-bond donors (Lipinski definition) is 1. The summed E-state index contributed by atoms with van der Waals surface area (Å²) in [4.78, 5) is 29.7. The van der Waals surface area contributed by atoms with Crippen LogP contribution in [0.2, 0.25) is 10.0 Å². The molecule has 2 aromatic rings. The Balaban J connectivity index is -0.000000110. The molecule has 3 radical (unpaired) electrons. The zero-order valence-electron chi connectivity index (χ0n) is 18.4. The quantitative estimate of drug-likeness (QED) is 0.405. The molecule has 5 nitrogen and oxygen atoms in total. The molecule has 2 aromatic heterocycles. The van der Waals surface area contributed by atoms with Gasteiger partial charge in [0.05, 0.1) is 15.7 Å². The molecule has 0 saturated heterocycles. The Kier molecular flexibility index (Phi) is 24.9. The minimum atomic E-state index is -0.0166. The number of aliphatic hydroxyl groups is 1. The number of Topliss-reactive ketones (excluding diaryl/α,β-unsaturated/α-hetero) is 2. The second-order valence-electron chi connectivity index (χ2n) is 4.93. The van der Waals surface area contributed by atoms with Crippen molar-refractivity contribution < 1.29 is 45.7 Å². The van der Waals surface area contributed by atoms with Crippen molar-refractivity contribution in [3.8, 4) is 0 Å². The summed E-state index contributed by atoms with van der Waals surface area (Å²) >= 11 is 13.0. The van der Waals surface area contributed by atoms with Crippen molar-refractivity contribution in [2.75, 3.05) is 12.9 Å². The molecule has 0 fully saturated rings. The normalized spacial score (nSPS) is 8.41. The van der Waals surface area contributed by atoms with E-state index in [1.165, 1.54) is 31.8 Å². The van der Waals surface area contributed by atoms with Crippen LogP contribution < -0.4 is 29.6 Å². The maximum Gasteiger partial charge on any atom is 1.00 e. The van der Waals surface area contributed by atoms with Crippen molar-refractivity contribution >= 4 is 68.4 Å². The molecule has 155 valence electrons.